The molecule has 2 N–H and O–H groups in total. The van der Waals surface area contributed by atoms with Crippen LogP contribution in [0.5, 0.6) is 5.75 Å². The maximum absolute atomic E-state index is 11.9. The van der Waals surface area contributed by atoms with Crippen LogP contribution in [0, 0.1) is 5.92 Å². The van der Waals surface area contributed by atoms with Gasteiger partial charge in [-0.05, 0) is 18.9 Å². The number of hydrogen-bond donors (Lipinski definition) is 2. The van der Waals surface area contributed by atoms with Gasteiger partial charge in [0.05, 0.1) is 12.7 Å². The van der Waals surface area contributed by atoms with Crippen LogP contribution in [0.3, 0.4) is 0 Å². The summed E-state index contributed by atoms with van der Waals surface area (Å²) >= 11 is 0. The van der Waals surface area contributed by atoms with E-state index < -0.39 is 6.10 Å². The summed E-state index contributed by atoms with van der Waals surface area (Å²) in [7, 11) is 1.66. The van der Waals surface area contributed by atoms with Gasteiger partial charge in [-0.3, -0.25) is 0 Å². The van der Waals surface area contributed by atoms with E-state index in [1.54, 1.807) is 14.0 Å². The van der Waals surface area contributed by atoms with Gasteiger partial charge in [-0.15, -0.1) is 0 Å². The highest BCUT2D eigenvalue weighted by Crippen LogP contribution is 2.18. The first kappa shape index (κ1) is 17.3. The van der Waals surface area contributed by atoms with Crippen molar-refractivity contribution < 1.29 is 14.6 Å². The molecule has 1 aromatic carbocycles. The lowest BCUT2D eigenvalue weighted by atomic mass is 10.2. The molecule has 21 heavy (non-hydrogen) atoms. The molecule has 0 radical (unpaired) electrons. The number of carbonyl (C=O) groups is 1. The summed E-state index contributed by atoms with van der Waals surface area (Å²) in [4.78, 5) is 13.4. The highest BCUT2D eigenvalue weighted by atomic mass is 16.5. The number of carbonyl (C=O) groups excluding carboxylic acids is 1. The van der Waals surface area contributed by atoms with Gasteiger partial charge in [0.1, 0.15) is 5.75 Å². The molecular formula is C16H26N2O3. The lowest BCUT2D eigenvalue weighted by Crippen LogP contribution is -2.40. The third-order valence-corrected chi connectivity index (χ3v) is 2.86. The van der Waals surface area contributed by atoms with Gasteiger partial charge in [0.2, 0.25) is 0 Å². The number of amides is 2. The molecule has 5 heteroatoms. The highest BCUT2D eigenvalue weighted by molar-refractivity contribution is 5.73. The SMILES string of the molecule is CC(C)COc1ccccc1CNC(=O)N(C)CC(C)O. The minimum absolute atomic E-state index is 0.213. The molecule has 0 saturated heterocycles. The van der Waals surface area contributed by atoms with Crippen LogP contribution in [-0.4, -0.2) is 42.3 Å². The molecule has 0 heterocycles. The zero-order valence-electron chi connectivity index (χ0n) is 13.3. The first-order valence-corrected chi connectivity index (χ1v) is 7.28. The Morgan fingerprint density at radius 2 is 2.00 bits per heavy atom. The summed E-state index contributed by atoms with van der Waals surface area (Å²) in [5.74, 6) is 1.24. The number of ether oxygens (including phenoxy) is 1. The molecule has 0 aliphatic carbocycles. The molecule has 118 valence electrons. The summed E-state index contributed by atoms with van der Waals surface area (Å²) in [5.41, 5.74) is 0.942. The van der Waals surface area contributed by atoms with Gasteiger partial charge in [-0.25, -0.2) is 4.79 Å². The summed E-state index contributed by atoms with van der Waals surface area (Å²) < 4.78 is 5.75. The Kier molecular flexibility index (Phi) is 7.02. The van der Waals surface area contributed by atoms with Crippen LogP contribution < -0.4 is 10.1 Å². The van der Waals surface area contributed by atoms with Crippen molar-refractivity contribution >= 4 is 6.03 Å². The number of aliphatic hydroxyl groups is 1. The Hall–Kier alpha value is -1.75. The van der Waals surface area contributed by atoms with E-state index in [4.69, 9.17) is 4.74 Å². The first-order chi connectivity index (χ1) is 9.90. The number of likely N-dealkylation sites (N-methyl/N-ethyl adjacent to an activating group) is 1. The van der Waals surface area contributed by atoms with Crippen LogP contribution in [0.15, 0.2) is 24.3 Å². The van der Waals surface area contributed by atoms with Crippen molar-refractivity contribution in [2.45, 2.75) is 33.4 Å². The van der Waals surface area contributed by atoms with Crippen molar-refractivity contribution in [1.29, 1.82) is 0 Å². The molecular weight excluding hydrogens is 268 g/mol. The number of para-hydroxylation sites is 1. The molecule has 0 fully saturated rings. The lowest BCUT2D eigenvalue weighted by molar-refractivity contribution is 0.143. The van der Waals surface area contributed by atoms with Crippen LogP contribution in [0.25, 0.3) is 0 Å². The van der Waals surface area contributed by atoms with E-state index in [0.29, 0.717) is 25.6 Å². The average Bonchev–Trinajstić information content (AvgIpc) is 2.42. The maximum Gasteiger partial charge on any atom is 0.317 e. The smallest absolute Gasteiger partial charge is 0.317 e. The maximum atomic E-state index is 11.9. The summed E-state index contributed by atoms with van der Waals surface area (Å²) in [6.07, 6.45) is -0.539. The summed E-state index contributed by atoms with van der Waals surface area (Å²) in [6.45, 7) is 7.19. The molecule has 1 atom stereocenters. The summed E-state index contributed by atoms with van der Waals surface area (Å²) in [6, 6.07) is 7.46. The van der Waals surface area contributed by atoms with Crippen LogP contribution >= 0.6 is 0 Å². The Labute approximate surface area is 126 Å². The topological polar surface area (TPSA) is 61.8 Å². The van der Waals surface area contributed by atoms with Crippen molar-refractivity contribution in [3.05, 3.63) is 29.8 Å². The van der Waals surface area contributed by atoms with Crippen molar-refractivity contribution in [1.82, 2.24) is 10.2 Å². The Balaban J connectivity index is 2.56. The standard InChI is InChI=1S/C16H26N2O3/c1-12(2)11-21-15-8-6-5-7-14(15)9-17-16(20)18(4)10-13(3)19/h5-8,12-13,19H,9-11H2,1-4H3,(H,17,20). The molecule has 0 aliphatic heterocycles. The Morgan fingerprint density at radius 3 is 2.62 bits per heavy atom. The average molecular weight is 294 g/mol. The van der Waals surface area contributed by atoms with E-state index in [1.807, 2.05) is 24.3 Å². The molecule has 0 spiro atoms. The van der Waals surface area contributed by atoms with E-state index in [1.165, 1.54) is 4.90 Å². The lowest BCUT2D eigenvalue weighted by Gasteiger charge is -2.20. The summed E-state index contributed by atoms with van der Waals surface area (Å²) in [5, 5.41) is 12.1. The first-order valence-electron chi connectivity index (χ1n) is 7.28. The molecule has 0 aliphatic rings. The third kappa shape index (κ3) is 6.49. The second-order valence-electron chi connectivity index (χ2n) is 5.70. The van der Waals surface area contributed by atoms with Gasteiger partial charge >= 0.3 is 6.03 Å². The monoisotopic (exact) mass is 294 g/mol. The highest BCUT2D eigenvalue weighted by Gasteiger charge is 2.11. The molecule has 5 nitrogen and oxygen atoms in total. The minimum atomic E-state index is -0.539. The molecule has 1 aromatic rings. The third-order valence-electron chi connectivity index (χ3n) is 2.86. The molecule has 2 amide bonds. The second kappa shape index (κ2) is 8.52. The number of benzene rings is 1. The minimum Gasteiger partial charge on any atom is -0.493 e. The number of nitrogens with one attached hydrogen (secondary N) is 1. The van der Waals surface area contributed by atoms with Crippen LogP contribution in [-0.2, 0) is 6.54 Å². The predicted octanol–water partition coefficient (Wildman–Crippen LogP) is 2.24. The number of urea groups is 1. The van der Waals surface area contributed by atoms with Crippen LogP contribution in [0.2, 0.25) is 0 Å². The van der Waals surface area contributed by atoms with Crippen molar-refractivity contribution in [3.8, 4) is 5.75 Å². The van der Waals surface area contributed by atoms with Gasteiger partial charge in [-0.2, -0.15) is 0 Å². The van der Waals surface area contributed by atoms with E-state index >= 15 is 0 Å². The largest absolute Gasteiger partial charge is 0.493 e. The van der Waals surface area contributed by atoms with E-state index in [-0.39, 0.29) is 6.03 Å². The van der Waals surface area contributed by atoms with Crippen molar-refractivity contribution in [2.75, 3.05) is 20.2 Å². The number of rotatable bonds is 7. The zero-order valence-corrected chi connectivity index (χ0v) is 13.3. The van der Waals surface area contributed by atoms with Crippen molar-refractivity contribution in [3.63, 3.8) is 0 Å². The molecule has 0 aromatic heterocycles. The van der Waals surface area contributed by atoms with Gasteiger partial charge in [0.25, 0.3) is 0 Å². The molecule has 1 rings (SSSR count). The fraction of sp³-hybridized carbons (Fsp3) is 0.562. The van der Waals surface area contributed by atoms with Crippen LogP contribution in [0.4, 0.5) is 4.79 Å². The van der Waals surface area contributed by atoms with Gasteiger partial charge in [0.15, 0.2) is 0 Å². The number of hydrogen-bond acceptors (Lipinski definition) is 3. The zero-order chi connectivity index (χ0) is 15.8. The van der Waals surface area contributed by atoms with E-state index in [2.05, 4.69) is 19.2 Å². The fourth-order valence-corrected chi connectivity index (χ4v) is 1.83. The van der Waals surface area contributed by atoms with E-state index in [9.17, 15) is 9.90 Å². The van der Waals surface area contributed by atoms with Gasteiger partial charge in [-0.1, -0.05) is 32.0 Å². The quantitative estimate of drug-likeness (QED) is 0.811. The van der Waals surface area contributed by atoms with Crippen molar-refractivity contribution in [2.24, 2.45) is 5.92 Å². The molecule has 0 saturated carbocycles. The van der Waals surface area contributed by atoms with E-state index in [0.717, 1.165) is 11.3 Å². The van der Waals surface area contributed by atoms with Crippen LogP contribution in [0.1, 0.15) is 26.3 Å². The normalized spacial score (nSPS) is 12.1. The predicted molar refractivity (Wildman–Crippen MR) is 83.3 cm³/mol. The van der Waals surface area contributed by atoms with Gasteiger partial charge < -0.3 is 20.1 Å². The van der Waals surface area contributed by atoms with Gasteiger partial charge in [0, 0.05) is 25.7 Å². The Bertz CT molecular complexity index is 447. The molecule has 0 bridgehead atoms. The second-order valence-corrected chi connectivity index (χ2v) is 5.70. The molecule has 1 unspecified atom stereocenters. The number of nitrogens with zero attached hydrogens (tertiary/aromatic N) is 1. The fourth-order valence-electron chi connectivity index (χ4n) is 1.83. The number of aliphatic hydroxyl groups excluding tert-OH is 1. The Morgan fingerprint density at radius 1 is 1.33 bits per heavy atom.